The molecule has 94 valence electrons. The van der Waals surface area contributed by atoms with Gasteiger partial charge in [0.2, 0.25) is 5.88 Å². The van der Waals surface area contributed by atoms with E-state index in [0.29, 0.717) is 6.61 Å². The number of pyridine rings is 1. The summed E-state index contributed by atoms with van der Waals surface area (Å²) in [6, 6.07) is 12.7. The predicted octanol–water partition coefficient (Wildman–Crippen LogP) is 0.212. The van der Waals surface area contributed by atoms with E-state index in [0.717, 1.165) is 5.56 Å². The zero-order valence-electron chi connectivity index (χ0n) is 10.0. The Morgan fingerprint density at radius 2 is 2.00 bits per heavy atom. The summed E-state index contributed by atoms with van der Waals surface area (Å²) in [4.78, 5) is 3.94. The zero-order chi connectivity index (χ0) is 13.7. The van der Waals surface area contributed by atoms with Crippen molar-refractivity contribution < 1.29 is 14.8 Å². The van der Waals surface area contributed by atoms with E-state index in [9.17, 15) is 0 Å². The number of nitriles is 1. The molecule has 19 heavy (non-hydrogen) atoms. The SMILES string of the molecule is N#Cc1cnc(OCc2ccccc2)cc1B(O)O. The first-order valence-corrected chi connectivity index (χ1v) is 5.63. The van der Waals surface area contributed by atoms with E-state index in [-0.39, 0.29) is 16.9 Å². The molecule has 1 heterocycles. The van der Waals surface area contributed by atoms with Crippen LogP contribution < -0.4 is 10.2 Å². The Morgan fingerprint density at radius 3 is 2.63 bits per heavy atom. The van der Waals surface area contributed by atoms with Gasteiger partial charge < -0.3 is 14.8 Å². The fourth-order valence-corrected chi connectivity index (χ4v) is 1.57. The highest BCUT2D eigenvalue weighted by molar-refractivity contribution is 6.59. The number of aromatic nitrogens is 1. The first-order valence-electron chi connectivity index (χ1n) is 5.63. The van der Waals surface area contributed by atoms with E-state index >= 15 is 0 Å². The Hall–Kier alpha value is -2.36. The molecule has 1 aromatic carbocycles. The highest BCUT2D eigenvalue weighted by Crippen LogP contribution is 2.09. The van der Waals surface area contributed by atoms with Crippen LogP contribution in [0.25, 0.3) is 0 Å². The molecule has 0 radical (unpaired) electrons. The maximum Gasteiger partial charge on any atom is 0.490 e. The Labute approximate surface area is 110 Å². The van der Waals surface area contributed by atoms with Gasteiger partial charge in [-0.1, -0.05) is 30.3 Å². The molecule has 0 unspecified atom stereocenters. The molecule has 6 heteroatoms. The summed E-state index contributed by atoms with van der Waals surface area (Å²) in [5, 5.41) is 27.1. The summed E-state index contributed by atoms with van der Waals surface area (Å²) in [6.07, 6.45) is 1.26. The van der Waals surface area contributed by atoms with Crippen LogP contribution in [0.1, 0.15) is 11.1 Å². The van der Waals surface area contributed by atoms with Gasteiger partial charge in [0, 0.05) is 17.7 Å². The molecule has 5 nitrogen and oxygen atoms in total. The number of benzene rings is 1. The lowest BCUT2D eigenvalue weighted by Gasteiger charge is -2.08. The van der Waals surface area contributed by atoms with E-state index in [1.807, 2.05) is 36.4 Å². The van der Waals surface area contributed by atoms with Gasteiger partial charge in [-0.25, -0.2) is 4.98 Å². The van der Waals surface area contributed by atoms with Gasteiger partial charge in [0.15, 0.2) is 0 Å². The van der Waals surface area contributed by atoms with E-state index in [4.69, 9.17) is 20.0 Å². The molecule has 0 amide bonds. The van der Waals surface area contributed by atoms with Crippen molar-refractivity contribution in [3.63, 3.8) is 0 Å². The number of hydrogen-bond acceptors (Lipinski definition) is 5. The van der Waals surface area contributed by atoms with Crippen LogP contribution in [0.2, 0.25) is 0 Å². The lowest BCUT2D eigenvalue weighted by Crippen LogP contribution is -2.32. The van der Waals surface area contributed by atoms with Gasteiger partial charge in [-0.15, -0.1) is 0 Å². The molecular weight excluding hydrogens is 243 g/mol. The monoisotopic (exact) mass is 254 g/mol. The molecule has 2 rings (SSSR count). The van der Waals surface area contributed by atoms with Gasteiger partial charge in [0.1, 0.15) is 12.7 Å². The van der Waals surface area contributed by atoms with Crippen molar-refractivity contribution in [1.82, 2.24) is 4.98 Å². The van der Waals surface area contributed by atoms with Gasteiger partial charge in [0.25, 0.3) is 0 Å². The zero-order valence-corrected chi connectivity index (χ0v) is 10.0. The minimum atomic E-state index is -1.73. The van der Waals surface area contributed by atoms with Crippen molar-refractivity contribution in [3.05, 3.63) is 53.7 Å². The van der Waals surface area contributed by atoms with Gasteiger partial charge in [0.05, 0.1) is 5.56 Å². The number of nitrogens with zero attached hydrogens (tertiary/aromatic N) is 2. The number of hydrogen-bond donors (Lipinski definition) is 2. The second-order valence-corrected chi connectivity index (χ2v) is 3.87. The van der Waals surface area contributed by atoms with E-state index in [1.54, 1.807) is 0 Å². The van der Waals surface area contributed by atoms with Gasteiger partial charge in [-0.2, -0.15) is 5.26 Å². The molecule has 0 aliphatic rings. The highest BCUT2D eigenvalue weighted by atomic mass is 16.5. The van der Waals surface area contributed by atoms with Gasteiger partial charge in [-0.3, -0.25) is 0 Å². The topological polar surface area (TPSA) is 86.4 Å². The molecule has 0 saturated carbocycles. The molecule has 0 spiro atoms. The maximum atomic E-state index is 9.17. The Kier molecular flexibility index (Phi) is 4.13. The minimum absolute atomic E-state index is 0.0839. The smallest absolute Gasteiger partial charge is 0.473 e. The third-order valence-electron chi connectivity index (χ3n) is 2.54. The van der Waals surface area contributed by atoms with Crippen LogP contribution in [0.4, 0.5) is 0 Å². The first kappa shape index (κ1) is 13.1. The molecule has 0 atom stereocenters. The van der Waals surface area contributed by atoms with Crippen LogP contribution >= 0.6 is 0 Å². The van der Waals surface area contributed by atoms with Crippen molar-refractivity contribution in [2.24, 2.45) is 0 Å². The molecule has 0 saturated heterocycles. The molecule has 2 N–H and O–H groups in total. The molecule has 0 aliphatic heterocycles. The second kappa shape index (κ2) is 6.00. The third-order valence-corrected chi connectivity index (χ3v) is 2.54. The van der Waals surface area contributed by atoms with Crippen molar-refractivity contribution >= 4 is 12.6 Å². The van der Waals surface area contributed by atoms with Crippen LogP contribution in [0.3, 0.4) is 0 Å². The molecule has 1 aromatic heterocycles. The Morgan fingerprint density at radius 1 is 1.26 bits per heavy atom. The van der Waals surface area contributed by atoms with Crippen molar-refractivity contribution in [2.75, 3.05) is 0 Å². The Balaban J connectivity index is 2.14. The standard InChI is InChI=1S/C13H11BN2O3/c15-7-11-8-16-13(6-12(11)14(17)18)19-9-10-4-2-1-3-5-10/h1-6,8,17-18H,9H2. The number of ether oxygens (including phenoxy) is 1. The van der Waals surface area contributed by atoms with Crippen molar-refractivity contribution in [3.8, 4) is 11.9 Å². The number of rotatable bonds is 4. The van der Waals surface area contributed by atoms with Crippen LogP contribution in [0, 0.1) is 11.3 Å². The van der Waals surface area contributed by atoms with Crippen LogP contribution in [0.5, 0.6) is 5.88 Å². The summed E-state index contributed by atoms with van der Waals surface area (Å²) in [6.45, 7) is 0.320. The molecular formula is C13H11BN2O3. The predicted molar refractivity (Wildman–Crippen MR) is 69.6 cm³/mol. The van der Waals surface area contributed by atoms with Crippen molar-refractivity contribution in [2.45, 2.75) is 6.61 Å². The highest BCUT2D eigenvalue weighted by Gasteiger charge is 2.17. The first-order chi connectivity index (χ1) is 9.20. The summed E-state index contributed by atoms with van der Waals surface area (Å²) in [5.41, 5.74) is 1.17. The normalized spacial score (nSPS) is 9.74. The lowest BCUT2D eigenvalue weighted by atomic mass is 9.78. The third kappa shape index (κ3) is 3.31. The van der Waals surface area contributed by atoms with Gasteiger partial charge >= 0.3 is 7.12 Å². The van der Waals surface area contributed by atoms with Crippen LogP contribution in [-0.2, 0) is 6.61 Å². The summed E-state index contributed by atoms with van der Waals surface area (Å²) >= 11 is 0. The second-order valence-electron chi connectivity index (χ2n) is 3.87. The van der Waals surface area contributed by atoms with E-state index < -0.39 is 7.12 Å². The minimum Gasteiger partial charge on any atom is -0.473 e. The summed E-state index contributed by atoms with van der Waals surface area (Å²) < 4.78 is 5.44. The average molecular weight is 254 g/mol. The lowest BCUT2D eigenvalue weighted by molar-refractivity contribution is 0.294. The molecule has 0 aliphatic carbocycles. The van der Waals surface area contributed by atoms with Crippen LogP contribution in [0.15, 0.2) is 42.6 Å². The molecule has 0 fully saturated rings. The Bertz CT molecular complexity index is 597. The van der Waals surface area contributed by atoms with E-state index in [2.05, 4.69) is 4.98 Å². The largest absolute Gasteiger partial charge is 0.490 e. The van der Waals surface area contributed by atoms with Crippen molar-refractivity contribution in [1.29, 1.82) is 5.26 Å². The van der Waals surface area contributed by atoms with Gasteiger partial charge in [-0.05, 0) is 5.56 Å². The quantitative estimate of drug-likeness (QED) is 0.762. The maximum absolute atomic E-state index is 9.17. The summed E-state index contributed by atoms with van der Waals surface area (Å²) in [7, 11) is -1.73. The summed E-state index contributed by atoms with van der Waals surface area (Å²) in [5.74, 6) is 0.242. The molecule has 2 aromatic rings. The van der Waals surface area contributed by atoms with E-state index in [1.165, 1.54) is 12.3 Å². The fraction of sp³-hybridized carbons (Fsp3) is 0.0769. The molecule has 0 bridgehead atoms. The fourth-order valence-electron chi connectivity index (χ4n) is 1.57. The average Bonchev–Trinajstić information content (AvgIpc) is 2.46. The van der Waals surface area contributed by atoms with Crippen LogP contribution in [-0.4, -0.2) is 22.2 Å².